The van der Waals surface area contributed by atoms with Gasteiger partial charge in [0, 0.05) is 12.1 Å². The van der Waals surface area contributed by atoms with Crippen LogP contribution in [-0.4, -0.2) is 54.6 Å². The van der Waals surface area contributed by atoms with Crippen LogP contribution in [-0.2, 0) is 0 Å². The molecule has 0 heterocycles. The summed E-state index contributed by atoms with van der Waals surface area (Å²) in [7, 11) is 0. The SMILES string of the molecule is CCCC(C)(CN)N(CC)CCCN(CC)CC. The molecule has 3 heteroatoms. The number of likely N-dealkylation sites (N-methyl/N-ethyl adjacent to an activating group) is 1. The van der Waals surface area contributed by atoms with Gasteiger partial charge in [0.2, 0.25) is 0 Å². The standard InChI is InChI=1S/C15H35N3/c1-6-11-15(5,14-16)18(9-4)13-10-12-17(7-2)8-3/h6-14,16H2,1-5H3. The molecule has 0 radical (unpaired) electrons. The minimum absolute atomic E-state index is 0.187. The first-order valence-corrected chi connectivity index (χ1v) is 7.75. The molecule has 0 aliphatic rings. The monoisotopic (exact) mass is 257 g/mol. The predicted molar refractivity (Wildman–Crippen MR) is 82.0 cm³/mol. The van der Waals surface area contributed by atoms with E-state index in [9.17, 15) is 0 Å². The Morgan fingerprint density at radius 3 is 1.94 bits per heavy atom. The molecule has 3 nitrogen and oxygen atoms in total. The molecule has 0 aromatic rings. The van der Waals surface area contributed by atoms with Crippen LogP contribution in [0.15, 0.2) is 0 Å². The summed E-state index contributed by atoms with van der Waals surface area (Å²) >= 11 is 0. The third-order valence-electron chi connectivity index (χ3n) is 4.17. The van der Waals surface area contributed by atoms with Crippen LogP contribution in [0.4, 0.5) is 0 Å². The lowest BCUT2D eigenvalue weighted by atomic mass is 9.93. The third kappa shape index (κ3) is 5.68. The van der Waals surface area contributed by atoms with Crippen LogP contribution in [0.2, 0.25) is 0 Å². The third-order valence-corrected chi connectivity index (χ3v) is 4.17. The van der Waals surface area contributed by atoms with E-state index in [1.165, 1.54) is 32.4 Å². The first-order chi connectivity index (χ1) is 8.57. The molecule has 0 aromatic carbocycles. The lowest BCUT2D eigenvalue weighted by Crippen LogP contribution is -2.52. The van der Waals surface area contributed by atoms with E-state index in [2.05, 4.69) is 44.4 Å². The minimum atomic E-state index is 0.187. The van der Waals surface area contributed by atoms with Crippen LogP contribution in [0, 0.1) is 0 Å². The van der Waals surface area contributed by atoms with Crippen molar-refractivity contribution in [2.75, 3.05) is 39.3 Å². The van der Waals surface area contributed by atoms with Gasteiger partial charge in [0.1, 0.15) is 0 Å². The summed E-state index contributed by atoms with van der Waals surface area (Å²) in [5, 5.41) is 0. The van der Waals surface area contributed by atoms with Gasteiger partial charge in [-0.25, -0.2) is 0 Å². The fourth-order valence-electron chi connectivity index (χ4n) is 2.76. The molecule has 0 saturated heterocycles. The quantitative estimate of drug-likeness (QED) is 0.617. The van der Waals surface area contributed by atoms with Gasteiger partial charge in [-0.15, -0.1) is 0 Å². The van der Waals surface area contributed by atoms with Crippen molar-refractivity contribution in [2.24, 2.45) is 5.73 Å². The van der Waals surface area contributed by atoms with E-state index in [4.69, 9.17) is 5.73 Å². The molecule has 0 rings (SSSR count). The number of nitrogens with zero attached hydrogens (tertiary/aromatic N) is 2. The highest BCUT2D eigenvalue weighted by Crippen LogP contribution is 2.20. The average Bonchev–Trinajstić information content (AvgIpc) is 2.39. The lowest BCUT2D eigenvalue weighted by molar-refractivity contribution is 0.101. The Morgan fingerprint density at radius 1 is 0.944 bits per heavy atom. The van der Waals surface area contributed by atoms with Crippen LogP contribution in [0.5, 0.6) is 0 Å². The summed E-state index contributed by atoms with van der Waals surface area (Å²) < 4.78 is 0. The maximum absolute atomic E-state index is 6.00. The molecule has 18 heavy (non-hydrogen) atoms. The summed E-state index contributed by atoms with van der Waals surface area (Å²) in [6, 6.07) is 0. The Labute approximate surface area is 115 Å². The summed E-state index contributed by atoms with van der Waals surface area (Å²) in [6.07, 6.45) is 3.65. The topological polar surface area (TPSA) is 32.5 Å². The summed E-state index contributed by atoms with van der Waals surface area (Å²) in [5.41, 5.74) is 6.19. The number of nitrogens with two attached hydrogens (primary N) is 1. The van der Waals surface area contributed by atoms with Gasteiger partial charge >= 0.3 is 0 Å². The number of hydrogen-bond donors (Lipinski definition) is 1. The molecule has 0 fully saturated rings. The van der Waals surface area contributed by atoms with Crippen molar-refractivity contribution >= 4 is 0 Å². The second-order valence-electron chi connectivity index (χ2n) is 5.41. The van der Waals surface area contributed by atoms with E-state index in [-0.39, 0.29) is 5.54 Å². The zero-order valence-corrected chi connectivity index (χ0v) is 13.3. The maximum atomic E-state index is 6.00. The van der Waals surface area contributed by atoms with E-state index in [1.807, 2.05) is 0 Å². The molecule has 0 aliphatic heterocycles. The van der Waals surface area contributed by atoms with Crippen LogP contribution >= 0.6 is 0 Å². The highest BCUT2D eigenvalue weighted by molar-refractivity contribution is 4.86. The molecule has 0 saturated carbocycles. The summed E-state index contributed by atoms with van der Waals surface area (Å²) in [5.74, 6) is 0. The smallest absolute Gasteiger partial charge is 0.0303 e. The summed E-state index contributed by atoms with van der Waals surface area (Å²) in [4.78, 5) is 5.06. The van der Waals surface area contributed by atoms with Gasteiger partial charge in [-0.3, -0.25) is 4.90 Å². The second kappa shape index (κ2) is 9.76. The maximum Gasteiger partial charge on any atom is 0.0303 e. The van der Waals surface area contributed by atoms with Crippen LogP contribution < -0.4 is 5.73 Å². The van der Waals surface area contributed by atoms with Gasteiger partial charge in [0.05, 0.1) is 0 Å². The normalized spacial score (nSPS) is 15.3. The van der Waals surface area contributed by atoms with E-state index < -0.39 is 0 Å². The summed E-state index contributed by atoms with van der Waals surface area (Å²) in [6.45, 7) is 17.8. The van der Waals surface area contributed by atoms with E-state index in [0.29, 0.717) is 0 Å². The number of rotatable bonds is 11. The fraction of sp³-hybridized carbons (Fsp3) is 1.00. The average molecular weight is 257 g/mol. The minimum Gasteiger partial charge on any atom is -0.329 e. The molecular formula is C15H35N3. The van der Waals surface area contributed by atoms with Crippen molar-refractivity contribution in [3.8, 4) is 0 Å². The van der Waals surface area contributed by atoms with E-state index in [1.54, 1.807) is 0 Å². The van der Waals surface area contributed by atoms with Crippen molar-refractivity contribution in [2.45, 2.75) is 59.4 Å². The Bertz CT molecular complexity index is 192. The molecule has 0 aliphatic carbocycles. The highest BCUT2D eigenvalue weighted by atomic mass is 15.2. The first-order valence-electron chi connectivity index (χ1n) is 7.75. The van der Waals surface area contributed by atoms with Crippen molar-refractivity contribution in [3.63, 3.8) is 0 Å². The second-order valence-corrected chi connectivity index (χ2v) is 5.41. The van der Waals surface area contributed by atoms with Crippen LogP contribution in [0.1, 0.15) is 53.9 Å². The molecule has 0 amide bonds. The Kier molecular flexibility index (Phi) is 9.70. The van der Waals surface area contributed by atoms with Gasteiger partial charge in [0.15, 0.2) is 0 Å². The van der Waals surface area contributed by atoms with Gasteiger partial charge < -0.3 is 10.6 Å². The fourth-order valence-corrected chi connectivity index (χ4v) is 2.76. The molecule has 1 unspecified atom stereocenters. The van der Waals surface area contributed by atoms with Crippen molar-refractivity contribution in [1.82, 2.24) is 9.80 Å². The Balaban J connectivity index is 4.24. The molecule has 0 spiro atoms. The van der Waals surface area contributed by atoms with Crippen LogP contribution in [0.3, 0.4) is 0 Å². The predicted octanol–water partition coefficient (Wildman–Crippen LogP) is 2.56. The van der Waals surface area contributed by atoms with Crippen molar-refractivity contribution in [1.29, 1.82) is 0 Å². The molecule has 2 N–H and O–H groups in total. The van der Waals surface area contributed by atoms with Crippen molar-refractivity contribution in [3.05, 3.63) is 0 Å². The van der Waals surface area contributed by atoms with E-state index >= 15 is 0 Å². The Hall–Kier alpha value is -0.120. The van der Waals surface area contributed by atoms with Gasteiger partial charge in [-0.05, 0) is 52.5 Å². The van der Waals surface area contributed by atoms with Gasteiger partial charge in [0.25, 0.3) is 0 Å². The lowest BCUT2D eigenvalue weighted by Gasteiger charge is -2.40. The molecule has 0 bridgehead atoms. The highest BCUT2D eigenvalue weighted by Gasteiger charge is 2.27. The molecule has 0 aromatic heterocycles. The number of hydrogen-bond acceptors (Lipinski definition) is 3. The van der Waals surface area contributed by atoms with E-state index in [0.717, 1.165) is 26.2 Å². The van der Waals surface area contributed by atoms with Crippen LogP contribution in [0.25, 0.3) is 0 Å². The largest absolute Gasteiger partial charge is 0.329 e. The molecular weight excluding hydrogens is 222 g/mol. The zero-order chi connectivity index (χ0) is 14.0. The van der Waals surface area contributed by atoms with Gasteiger partial charge in [-0.1, -0.05) is 34.1 Å². The zero-order valence-electron chi connectivity index (χ0n) is 13.3. The Morgan fingerprint density at radius 2 is 1.56 bits per heavy atom. The molecule has 1 atom stereocenters. The molecule has 110 valence electrons. The first kappa shape index (κ1) is 17.9. The van der Waals surface area contributed by atoms with Crippen molar-refractivity contribution < 1.29 is 0 Å². The van der Waals surface area contributed by atoms with Gasteiger partial charge in [-0.2, -0.15) is 0 Å².